The Morgan fingerprint density at radius 2 is 1.94 bits per heavy atom. The summed E-state index contributed by atoms with van der Waals surface area (Å²) in [5.74, 6) is 0. The predicted octanol–water partition coefficient (Wildman–Crippen LogP) is 3.10. The zero-order valence-corrected chi connectivity index (χ0v) is 10.9. The highest BCUT2D eigenvalue weighted by Gasteiger charge is 2.29. The van der Waals surface area contributed by atoms with Gasteiger partial charge < -0.3 is 10.2 Å². The van der Waals surface area contributed by atoms with Gasteiger partial charge in [0.15, 0.2) is 0 Å². The highest BCUT2D eigenvalue weighted by molar-refractivity contribution is 5.54. The molecular formula is C13H19F3N2. The van der Waals surface area contributed by atoms with E-state index in [1.54, 1.807) is 6.07 Å². The standard InChI is InChI=1S/C13H19F3N2/c1-4-17-8-11-7-10(2)5-6-12(11)18(3)9-13(14,15)16/h5-7,17H,4,8-9H2,1-3H3. The number of aryl methyl sites for hydroxylation is 1. The van der Waals surface area contributed by atoms with Crippen LogP contribution in [0.5, 0.6) is 0 Å². The lowest BCUT2D eigenvalue weighted by Gasteiger charge is -2.24. The molecular weight excluding hydrogens is 241 g/mol. The van der Waals surface area contributed by atoms with E-state index in [-0.39, 0.29) is 0 Å². The lowest BCUT2D eigenvalue weighted by Crippen LogP contribution is -2.32. The van der Waals surface area contributed by atoms with Gasteiger partial charge in [0.1, 0.15) is 6.54 Å². The summed E-state index contributed by atoms with van der Waals surface area (Å²) >= 11 is 0. The first-order chi connectivity index (χ1) is 8.33. The second-order valence-corrected chi connectivity index (χ2v) is 4.38. The maximum Gasteiger partial charge on any atom is 0.405 e. The maximum absolute atomic E-state index is 12.4. The van der Waals surface area contributed by atoms with Crippen molar-refractivity contribution in [3.63, 3.8) is 0 Å². The van der Waals surface area contributed by atoms with Crippen molar-refractivity contribution in [2.45, 2.75) is 26.6 Å². The number of halogens is 3. The van der Waals surface area contributed by atoms with Crippen LogP contribution in [-0.4, -0.2) is 26.3 Å². The zero-order valence-electron chi connectivity index (χ0n) is 10.9. The fourth-order valence-corrected chi connectivity index (χ4v) is 1.84. The van der Waals surface area contributed by atoms with Crippen molar-refractivity contribution < 1.29 is 13.2 Å². The lowest BCUT2D eigenvalue weighted by molar-refractivity contribution is -0.119. The molecule has 5 heteroatoms. The Kier molecular flexibility index (Phi) is 5.02. The molecule has 0 fully saturated rings. The van der Waals surface area contributed by atoms with E-state index in [1.807, 2.05) is 26.0 Å². The molecule has 0 aliphatic heterocycles. The smallest absolute Gasteiger partial charge is 0.365 e. The van der Waals surface area contributed by atoms with Gasteiger partial charge in [0.05, 0.1) is 0 Å². The van der Waals surface area contributed by atoms with Gasteiger partial charge in [-0.1, -0.05) is 24.6 Å². The summed E-state index contributed by atoms with van der Waals surface area (Å²) in [7, 11) is 1.47. The molecule has 0 radical (unpaired) electrons. The number of nitrogens with one attached hydrogen (secondary N) is 1. The number of hydrogen-bond acceptors (Lipinski definition) is 2. The second-order valence-electron chi connectivity index (χ2n) is 4.38. The maximum atomic E-state index is 12.4. The van der Waals surface area contributed by atoms with E-state index in [2.05, 4.69) is 5.32 Å². The third-order valence-corrected chi connectivity index (χ3v) is 2.63. The van der Waals surface area contributed by atoms with Crippen LogP contribution in [0.4, 0.5) is 18.9 Å². The van der Waals surface area contributed by atoms with E-state index >= 15 is 0 Å². The van der Waals surface area contributed by atoms with E-state index in [4.69, 9.17) is 0 Å². The number of rotatable bonds is 5. The van der Waals surface area contributed by atoms with Gasteiger partial charge in [-0.3, -0.25) is 0 Å². The molecule has 0 saturated heterocycles. The molecule has 102 valence electrons. The summed E-state index contributed by atoms with van der Waals surface area (Å²) in [6.07, 6.45) is -4.19. The quantitative estimate of drug-likeness (QED) is 0.875. The lowest BCUT2D eigenvalue weighted by atomic mass is 10.1. The normalized spacial score (nSPS) is 11.7. The van der Waals surface area contributed by atoms with Gasteiger partial charge in [-0.05, 0) is 25.1 Å². The minimum atomic E-state index is -4.19. The predicted molar refractivity (Wildman–Crippen MR) is 67.9 cm³/mol. The second kappa shape index (κ2) is 6.09. The first-order valence-electron chi connectivity index (χ1n) is 5.91. The Balaban J connectivity index is 2.92. The molecule has 1 rings (SSSR count). The van der Waals surface area contributed by atoms with Crippen LogP contribution in [0.25, 0.3) is 0 Å². The molecule has 1 aromatic carbocycles. The molecule has 1 N–H and O–H groups in total. The first-order valence-corrected chi connectivity index (χ1v) is 5.91. The Bertz CT molecular complexity index is 388. The zero-order chi connectivity index (χ0) is 13.8. The summed E-state index contributed by atoms with van der Waals surface area (Å²) < 4.78 is 37.2. The average Bonchev–Trinajstić information content (AvgIpc) is 2.23. The minimum absolute atomic E-state index is 0.579. The summed E-state index contributed by atoms with van der Waals surface area (Å²) in [5, 5.41) is 3.14. The van der Waals surface area contributed by atoms with Crippen molar-refractivity contribution in [1.82, 2.24) is 5.32 Å². The molecule has 0 bridgehead atoms. The minimum Gasteiger partial charge on any atom is -0.365 e. The molecule has 0 atom stereocenters. The highest BCUT2D eigenvalue weighted by atomic mass is 19.4. The van der Waals surface area contributed by atoms with E-state index in [0.29, 0.717) is 12.2 Å². The number of hydrogen-bond donors (Lipinski definition) is 1. The van der Waals surface area contributed by atoms with Crippen LogP contribution < -0.4 is 10.2 Å². The van der Waals surface area contributed by atoms with Crippen molar-refractivity contribution >= 4 is 5.69 Å². The van der Waals surface area contributed by atoms with E-state index in [9.17, 15) is 13.2 Å². The molecule has 2 nitrogen and oxygen atoms in total. The van der Waals surface area contributed by atoms with Crippen molar-refractivity contribution in [2.75, 3.05) is 25.0 Å². The molecule has 0 amide bonds. The molecule has 0 aliphatic carbocycles. The van der Waals surface area contributed by atoms with Crippen LogP contribution in [0.3, 0.4) is 0 Å². The third-order valence-electron chi connectivity index (χ3n) is 2.63. The van der Waals surface area contributed by atoms with Gasteiger partial charge in [-0.25, -0.2) is 0 Å². The molecule has 0 heterocycles. The van der Waals surface area contributed by atoms with Crippen LogP contribution in [0, 0.1) is 6.92 Å². The molecule has 0 unspecified atom stereocenters. The SMILES string of the molecule is CCNCc1cc(C)ccc1N(C)CC(F)(F)F. The van der Waals surface area contributed by atoms with Crippen molar-refractivity contribution in [3.8, 4) is 0 Å². The van der Waals surface area contributed by atoms with Crippen LogP contribution >= 0.6 is 0 Å². The van der Waals surface area contributed by atoms with Gasteiger partial charge in [0, 0.05) is 19.3 Å². The Morgan fingerprint density at radius 1 is 1.28 bits per heavy atom. The van der Waals surface area contributed by atoms with Gasteiger partial charge in [-0.15, -0.1) is 0 Å². The average molecular weight is 260 g/mol. The number of nitrogens with zero attached hydrogens (tertiary/aromatic N) is 1. The molecule has 0 aromatic heterocycles. The van der Waals surface area contributed by atoms with Crippen molar-refractivity contribution in [2.24, 2.45) is 0 Å². The highest BCUT2D eigenvalue weighted by Crippen LogP contribution is 2.25. The van der Waals surface area contributed by atoms with Crippen LogP contribution in [-0.2, 0) is 6.54 Å². The monoisotopic (exact) mass is 260 g/mol. The fraction of sp³-hybridized carbons (Fsp3) is 0.538. The number of benzene rings is 1. The molecule has 1 aromatic rings. The third kappa shape index (κ3) is 4.56. The topological polar surface area (TPSA) is 15.3 Å². The Morgan fingerprint density at radius 3 is 2.50 bits per heavy atom. The molecule has 0 saturated carbocycles. The van der Waals surface area contributed by atoms with Crippen LogP contribution in [0.1, 0.15) is 18.1 Å². The van der Waals surface area contributed by atoms with Gasteiger partial charge in [0.2, 0.25) is 0 Å². The summed E-state index contributed by atoms with van der Waals surface area (Å²) in [4.78, 5) is 1.24. The number of alkyl halides is 3. The Labute approximate surface area is 106 Å². The molecule has 0 aliphatic rings. The van der Waals surface area contributed by atoms with Crippen molar-refractivity contribution in [3.05, 3.63) is 29.3 Å². The van der Waals surface area contributed by atoms with Crippen LogP contribution in [0.2, 0.25) is 0 Å². The van der Waals surface area contributed by atoms with E-state index < -0.39 is 12.7 Å². The van der Waals surface area contributed by atoms with Gasteiger partial charge >= 0.3 is 6.18 Å². The Hall–Kier alpha value is -1.23. The van der Waals surface area contributed by atoms with E-state index in [1.165, 1.54) is 11.9 Å². The number of anilines is 1. The van der Waals surface area contributed by atoms with Crippen LogP contribution in [0.15, 0.2) is 18.2 Å². The molecule has 0 spiro atoms. The fourth-order valence-electron chi connectivity index (χ4n) is 1.84. The van der Waals surface area contributed by atoms with Gasteiger partial charge in [-0.2, -0.15) is 13.2 Å². The largest absolute Gasteiger partial charge is 0.405 e. The molecule has 18 heavy (non-hydrogen) atoms. The van der Waals surface area contributed by atoms with Gasteiger partial charge in [0.25, 0.3) is 0 Å². The van der Waals surface area contributed by atoms with Crippen molar-refractivity contribution in [1.29, 1.82) is 0 Å². The summed E-state index contributed by atoms with van der Waals surface area (Å²) in [6.45, 7) is 4.33. The summed E-state index contributed by atoms with van der Waals surface area (Å²) in [6, 6.07) is 5.50. The first kappa shape index (κ1) is 14.8. The van der Waals surface area contributed by atoms with E-state index in [0.717, 1.165) is 17.7 Å². The summed E-state index contributed by atoms with van der Waals surface area (Å²) in [5.41, 5.74) is 2.56.